The summed E-state index contributed by atoms with van der Waals surface area (Å²) in [7, 11) is -3.71. The summed E-state index contributed by atoms with van der Waals surface area (Å²) in [6, 6.07) is 13.4. The van der Waals surface area contributed by atoms with Crippen LogP contribution in [0.15, 0.2) is 59.6 Å². The molecule has 27 heavy (non-hydrogen) atoms. The van der Waals surface area contributed by atoms with Gasteiger partial charge in [0, 0.05) is 25.1 Å². The molecule has 0 fully saturated rings. The number of carbonyl (C=O) groups excluding carboxylic acids is 2. The first-order valence-electron chi connectivity index (χ1n) is 8.28. The summed E-state index contributed by atoms with van der Waals surface area (Å²) in [6.07, 6.45) is 2.07. The molecule has 3 rings (SSSR count). The number of para-hydroxylation sites is 1. The molecule has 1 aromatic heterocycles. The summed E-state index contributed by atoms with van der Waals surface area (Å²) in [4.78, 5) is 24.4. The molecule has 7 nitrogen and oxygen atoms in total. The van der Waals surface area contributed by atoms with Crippen molar-refractivity contribution in [2.75, 3.05) is 6.54 Å². The number of rotatable bonds is 5. The Morgan fingerprint density at radius 3 is 2.37 bits per heavy atom. The van der Waals surface area contributed by atoms with E-state index in [-0.39, 0.29) is 16.7 Å². The van der Waals surface area contributed by atoms with Gasteiger partial charge < -0.3 is 5.32 Å². The molecule has 1 heterocycles. The average Bonchev–Trinajstić information content (AvgIpc) is 3.01. The fourth-order valence-corrected chi connectivity index (χ4v) is 3.40. The van der Waals surface area contributed by atoms with Crippen molar-refractivity contribution in [2.45, 2.75) is 18.2 Å². The molecule has 0 atom stereocenters. The summed E-state index contributed by atoms with van der Waals surface area (Å²) >= 11 is 0. The molecular formula is C19H19N3O4S. The van der Waals surface area contributed by atoms with E-state index < -0.39 is 10.0 Å². The van der Waals surface area contributed by atoms with Crippen LogP contribution in [-0.4, -0.2) is 31.3 Å². The average molecular weight is 385 g/mol. The third-order valence-electron chi connectivity index (χ3n) is 4.25. The van der Waals surface area contributed by atoms with Crippen LogP contribution in [0.5, 0.6) is 0 Å². The lowest BCUT2D eigenvalue weighted by Gasteiger charge is -2.05. The Hall–Kier alpha value is -2.97. The second kappa shape index (κ2) is 7.34. The van der Waals surface area contributed by atoms with Crippen molar-refractivity contribution in [3.63, 3.8) is 0 Å². The predicted molar refractivity (Wildman–Crippen MR) is 102 cm³/mol. The number of nitrogens with two attached hydrogens (primary N) is 1. The Morgan fingerprint density at radius 1 is 1.07 bits per heavy atom. The standard InChI is InChI=1S/C19H19N3O4S/c1-13(23)22-12-17(16-4-2-3-5-18(16)22)19(24)21-11-10-14-6-8-15(9-7-14)27(20,25)26/h2-9,12H,10-11H2,1H3,(H,21,24)(H2,20,25,26). The van der Waals surface area contributed by atoms with Gasteiger partial charge in [0.1, 0.15) is 0 Å². The molecular weight excluding hydrogens is 366 g/mol. The van der Waals surface area contributed by atoms with Gasteiger partial charge in [0.05, 0.1) is 16.0 Å². The zero-order chi connectivity index (χ0) is 19.6. The number of nitrogens with one attached hydrogen (secondary N) is 1. The number of fused-ring (bicyclic) bond motifs is 1. The van der Waals surface area contributed by atoms with Crippen molar-refractivity contribution >= 4 is 32.7 Å². The summed E-state index contributed by atoms with van der Waals surface area (Å²) in [6.45, 7) is 1.81. The number of carbonyl (C=O) groups is 2. The predicted octanol–water partition coefficient (Wildman–Crippen LogP) is 1.92. The maximum Gasteiger partial charge on any atom is 0.253 e. The van der Waals surface area contributed by atoms with Gasteiger partial charge in [0.15, 0.2) is 0 Å². The third kappa shape index (κ3) is 4.07. The van der Waals surface area contributed by atoms with Crippen LogP contribution in [0.2, 0.25) is 0 Å². The van der Waals surface area contributed by atoms with E-state index in [0.717, 1.165) is 5.56 Å². The van der Waals surface area contributed by atoms with Gasteiger partial charge in [-0.1, -0.05) is 30.3 Å². The van der Waals surface area contributed by atoms with E-state index in [1.807, 2.05) is 12.1 Å². The van der Waals surface area contributed by atoms with E-state index in [4.69, 9.17) is 5.14 Å². The number of hydrogen-bond acceptors (Lipinski definition) is 4. The molecule has 140 valence electrons. The fourth-order valence-electron chi connectivity index (χ4n) is 2.88. The summed E-state index contributed by atoms with van der Waals surface area (Å²) < 4.78 is 24.0. The highest BCUT2D eigenvalue weighted by molar-refractivity contribution is 7.89. The minimum Gasteiger partial charge on any atom is -0.352 e. The second-order valence-corrected chi connectivity index (χ2v) is 7.71. The molecule has 3 N–H and O–H groups in total. The lowest BCUT2D eigenvalue weighted by atomic mass is 10.1. The Labute approximate surface area is 156 Å². The van der Waals surface area contributed by atoms with E-state index in [1.165, 1.54) is 23.6 Å². The molecule has 0 bridgehead atoms. The number of aromatic nitrogens is 1. The highest BCUT2D eigenvalue weighted by atomic mass is 32.2. The van der Waals surface area contributed by atoms with Crippen molar-refractivity contribution in [3.8, 4) is 0 Å². The van der Waals surface area contributed by atoms with Crippen molar-refractivity contribution in [1.82, 2.24) is 9.88 Å². The Kier molecular flexibility index (Phi) is 5.11. The van der Waals surface area contributed by atoms with Crippen LogP contribution in [0.3, 0.4) is 0 Å². The van der Waals surface area contributed by atoms with Gasteiger partial charge in [-0.2, -0.15) is 0 Å². The van der Waals surface area contributed by atoms with Gasteiger partial charge >= 0.3 is 0 Å². The van der Waals surface area contributed by atoms with Crippen molar-refractivity contribution < 1.29 is 18.0 Å². The molecule has 8 heteroatoms. The van der Waals surface area contributed by atoms with Crippen molar-refractivity contribution in [1.29, 1.82) is 0 Å². The molecule has 2 aromatic carbocycles. The number of primary sulfonamides is 1. The van der Waals surface area contributed by atoms with Gasteiger partial charge in [-0.25, -0.2) is 13.6 Å². The summed E-state index contributed by atoms with van der Waals surface area (Å²) in [5.74, 6) is -0.437. The van der Waals surface area contributed by atoms with E-state index in [2.05, 4.69) is 5.32 Å². The van der Waals surface area contributed by atoms with E-state index in [9.17, 15) is 18.0 Å². The molecule has 0 aliphatic rings. The first-order chi connectivity index (χ1) is 12.8. The number of amides is 1. The van der Waals surface area contributed by atoms with Crippen LogP contribution < -0.4 is 10.5 Å². The molecule has 3 aromatic rings. The monoisotopic (exact) mass is 385 g/mol. The molecule has 0 radical (unpaired) electrons. The van der Waals surface area contributed by atoms with Crippen molar-refractivity contribution in [3.05, 3.63) is 65.9 Å². The SMILES string of the molecule is CC(=O)n1cc(C(=O)NCCc2ccc(S(N)(=O)=O)cc2)c2ccccc21. The van der Waals surface area contributed by atoms with Crippen LogP contribution in [0.25, 0.3) is 10.9 Å². The van der Waals surface area contributed by atoms with E-state index in [1.54, 1.807) is 30.5 Å². The van der Waals surface area contributed by atoms with Crippen molar-refractivity contribution in [2.24, 2.45) is 5.14 Å². The van der Waals surface area contributed by atoms with Crippen LogP contribution >= 0.6 is 0 Å². The zero-order valence-electron chi connectivity index (χ0n) is 14.7. The lowest BCUT2D eigenvalue weighted by Crippen LogP contribution is -2.25. The second-order valence-electron chi connectivity index (χ2n) is 6.14. The minimum atomic E-state index is -3.71. The minimum absolute atomic E-state index is 0.0485. The molecule has 1 amide bonds. The van der Waals surface area contributed by atoms with Crippen LogP contribution in [0.4, 0.5) is 0 Å². The Balaban J connectivity index is 1.70. The van der Waals surface area contributed by atoms with Gasteiger partial charge in [-0.3, -0.25) is 14.2 Å². The van der Waals surface area contributed by atoms with Crippen LogP contribution in [0.1, 0.15) is 27.6 Å². The topological polar surface area (TPSA) is 111 Å². The normalized spacial score (nSPS) is 11.5. The number of hydrogen-bond donors (Lipinski definition) is 2. The molecule has 0 aliphatic carbocycles. The first kappa shape index (κ1) is 18.8. The number of benzene rings is 2. The van der Waals surface area contributed by atoms with Gasteiger partial charge in [-0.15, -0.1) is 0 Å². The Morgan fingerprint density at radius 2 is 1.74 bits per heavy atom. The maximum atomic E-state index is 12.5. The van der Waals surface area contributed by atoms with E-state index >= 15 is 0 Å². The Bertz CT molecular complexity index is 1120. The third-order valence-corrected chi connectivity index (χ3v) is 5.18. The van der Waals surface area contributed by atoms with Gasteiger partial charge in [-0.05, 0) is 30.2 Å². The summed E-state index contributed by atoms with van der Waals surface area (Å²) in [5.41, 5.74) is 1.99. The zero-order valence-corrected chi connectivity index (χ0v) is 15.5. The highest BCUT2D eigenvalue weighted by Gasteiger charge is 2.16. The fraction of sp³-hybridized carbons (Fsp3) is 0.158. The van der Waals surface area contributed by atoms with Gasteiger partial charge in [0.2, 0.25) is 15.9 Å². The molecule has 0 unspecified atom stereocenters. The van der Waals surface area contributed by atoms with Crippen LogP contribution in [-0.2, 0) is 16.4 Å². The van der Waals surface area contributed by atoms with E-state index in [0.29, 0.717) is 29.4 Å². The number of sulfonamides is 1. The summed E-state index contributed by atoms with van der Waals surface area (Å²) in [5, 5.41) is 8.61. The first-order valence-corrected chi connectivity index (χ1v) is 9.83. The number of nitrogens with zero attached hydrogens (tertiary/aromatic N) is 1. The quantitative estimate of drug-likeness (QED) is 0.699. The maximum absolute atomic E-state index is 12.5. The van der Waals surface area contributed by atoms with Crippen LogP contribution in [0, 0.1) is 0 Å². The molecule has 0 spiro atoms. The highest BCUT2D eigenvalue weighted by Crippen LogP contribution is 2.21. The molecule has 0 saturated heterocycles. The largest absolute Gasteiger partial charge is 0.352 e. The lowest BCUT2D eigenvalue weighted by molar-refractivity contribution is 0.0941. The van der Waals surface area contributed by atoms with Gasteiger partial charge in [0.25, 0.3) is 5.91 Å². The smallest absolute Gasteiger partial charge is 0.253 e. The molecule has 0 aliphatic heterocycles. The molecule has 0 saturated carbocycles.